The van der Waals surface area contributed by atoms with Crippen molar-refractivity contribution in [2.24, 2.45) is 0 Å². The quantitative estimate of drug-likeness (QED) is 0.669. The van der Waals surface area contributed by atoms with Gasteiger partial charge in [-0.05, 0) is 59.6 Å². The van der Waals surface area contributed by atoms with E-state index in [0.29, 0.717) is 0 Å². The van der Waals surface area contributed by atoms with E-state index in [9.17, 15) is 0 Å². The summed E-state index contributed by atoms with van der Waals surface area (Å²) in [6.07, 6.45) is 4.76. The Balaban J connectivity index is 2.05. The molecule has 1 aliphatic carbocycles. The van der Waals surface area contributed by atoms with E-state index < -0.39 is 0 Å². The minimum Gasteiger partial charge on any atom is -0.144 e. The van der Waals surface area contributed by atoms with Crippen molar-refractivity contribution in [3.8, 4) is 0 Å². The molecule has 80 valence electrons. The third kappa shape index (κ3) is 1.61. The molecule has 0 bridgehead atoms. The van der Waals surface area contributed by atoms with Crippen LogP contribution in [0.3, 0.4) is 0 Å². The second-order valence-electron chi connectivity index (χ2n) is 4.29. The summed E-state index contributed by atoms with van der Waals surface area (Å²) >= 11 is 1.83. The number of hydrogen-bond donors (Lipinski definition) is 0. The smallest absolute Gasteiger partial charge is 0.0302 e. The van der Waals surface area contributed by atoms with Gasteiger partial charge >= 0.3 is 0 Å². The largest absolute Gasteiger partial charge is 0.144 e. The maximum absolute atomic E-state index is 2.37. The first-order valence-corrected chi connectivity index (χ1v) is 6.55. The van der Waals surface area contributed by atoms with Gasteiger partial charge in [0, 0.05) is 4.88 Å². The highest BCUT2D eigenvalue weighted by atomic mass is 32.1. The van der Waals surface area contributed by atoms with Crippen molar-refractivity contribution in [3.05, 3.63) is 57.3 Å². The molecule has 0 saturated carbocycles. The molecule has 1 heteroatoms. The zero-order valence-electron chi connectivity index (χ0n) is 9.36. The van der Waals surface area contributed by atoms with Gasteiger partial charge in [0.2, 0.25) is 0 Å². The van der Waals surface area contributed by atoms with Crippen LogP contribution in [-0.4, -0.2) is 0 Å². The monoisotopic (exact) mass is 226 g/mol. The molecule has 16 heavy (non-hydrogen) atoms. The van der Waals surface area contributed by atoms with Crippen molar-refractivity contribution in [1.29, 1.82) is 0 Å². The van der Waals surface area contributed by atoms with E-state index >= 15 is 0 Å². The van der Waals surface area contributed by atoms with Gasteiger partial charge in [-0.3, -0.25) is 0 Å². The van der Waals surface area contributed by atoms with Crippen molar-refractivity contribution in [1.82, 2.24) is 0 Å². The predicted molar refractivity (Wildman–Crippen MR) is 71.7 cm³/mol. The summed E-state index contributed by atoms with van der Waals surface area (Å²) in [6.45, 7) is 2.18. The summed E-state index contributed by atoms with van der Waals surface area (Å²) in [5, 5.41) is 2.17. The second kappa shape index (κ2) is 3.91. The molecule has 0 radical (unpaired) electrons. The summed E-state index contributed by atoms with van der Waals surface area (Å²) < 4.78 is 0. The molecule has 3 rings (SSSR count). The molecule has 2 aromatic rings. The Hall–Kier alpha value is -1.34. The number of fused-ring (bicyclic) bond motifs is 1. The Labute approximate surface area is 100 Å². The molecular weight excluding hydrogens is 212 g/mol. The van der Waals surface area contributed by atoms with Crippen LogP contribution in [-0.2, 0) is 6.42 Å². The first kappa shape index (κ1) is 9.86. The summed E-state index contributed by atoms with van der Waals surface area (Å²) in [5.41, 5.74) is 5.85. The minimum absolute atomic E-state index is 1.19. The molecule has 0 spiro atoms. The third-order valence-corrected chi connectivity index (χ3v) is 4.20. The molecule has 0 aliphatic heterocycles. The zero-order chi connectivity index (χ0) is 11.0. The van der Waals surface area contributed by atoms with Gasteiger partial charge in [0.1, 0.15) is 0 Å². The van der Waals surface area contributed by atoms with E-state index in [2.05, 4.69) is 48.7 Å². The molecule has 0 amide bonds. The molecule has 1 heterocycles. The lowest BCUT2D eigenvalue weighted by molar-refractivity contribution is 1.08. The topological polar surface area (TPSA) is 0 Å². The van der Waals surface area contributed by atoms with Gasteiger partial charge in [-0.25, -0.2) is 0 Å². The normalized spacial score (nSPS) is 16.7. The molecule has 0 saturated heterocycles. The molecule has 0 N–H and O–H groups in total. The van der Waals surface area contributed by atoms with Crippen LogP contribution in [0.1, 0.15) is 28.0 Å². The summed E-state index contributed by atoms with van der Waals surface area (Å²) in [5.74, 6) is 0. The average molecular weight is 226 g/mol. The van der Waals surface area contributed by atoms with Crippen molar-refractivity contribution >= 4 is 23.0 Å². The Morgan fingerprint density at radius 1 is 1.12 bits per heavy atom. The molecule has 1 aliphatic rings. The number of benzene rings is 1. The summed E-state index contributed by atoms with van der Waals surface area (Å²) in [6, 6.07) is 11.0. The third-order valence-electron chi connectivity index (χ3n) is 3.23. The maximum atomic E-state index is 2.37. The van der Waals surface area contributed by atoms with Crippen LogP contribution in [0, 0.1) is 6.92 Å². The number of allylic oxidation sites excluding steroid dienone is 1. The lowest BCUT2D eigenvalue weighted by Crippen LogP contribution is -1.79. The standard InChI is InChI=1S/C15H14S/c1-11-8-9-16-15(11)10-13-7-6-12-4-2-3-5-14(12)13/h2-5,8-10H,6-7H2,1H3/b13-10+. The second-order valence-corrected chi connectivity index (χ2v) is 5.24. The van der Waals surface area contributed by atoms with Crippen molar-refractivity contribution < 1.29 is 0 Å². The molecule has 0 fully saturated rings. The van der Waals surface area contributed by atoms with Crippen LogP contribution in [0.25, 0.3) is 11.6 Å². The predicted octanol–water partition coefficient (Wildman–Crippen LogP) is 4.54. The minimum atomic E-state index is 1.19. The molecule has 0 nitrogen and oxygen atoms in total. The van der Waals surface area contributed by atoms with E-state index in [1.807, 2.05) is 11.3 Å². The van der Waals surface area contributed by atoms with Gasteiger partial charge in [-0.2, -0.15) is 0 Å². The number of aryl methyl sites for hydroxylation is 2. The van der Waals surface area contributed by atoms with E-state index in [-0.39, 0.29) is 0 Å². The van der Waals surface area contributed by atoms with Crippen molar-refractivity contribution in [2.45, 2.75) is 19.8 Å². The van der Waals surface area contributed by atoms with E-state index in [4.69, 9.17) is 0 Å². The lowest BCUT2D eigenvalue weighted by atomic mass is 10.1. The highest BCUT2D eigenvalue weighted by molar-refractivity contribution is 7.11. The molecule has 1 aromatic heterocycles. The van der Waals surface area contributed by atoms with Gasteiger partial charge in [-0.1, -0.05) is 24.3 Å². The Kier molecular flexibility index (Phi) is 2.41. The fourth-order valence-corrected chi connectivity index (χ4v) is 3.18. The highest BCUT2D eigenvalue weighted by Crippen LogP contribution is 2.34. The van der Waals surface area contributed by atoms with Gasteiger partial charge in [0.05, 0.1) is 0 Å². The number of rotatable bonds is 1. The molecule has 0 unspecified atom stereocenters. The fraction of sp³-hybridized carbons (Fsp3) is 0.200. The van der Waals surface area contributed by atoms with Gasteiger partial charge in [0.25, 0.3) is 0 Å². The zero-order valence-corrected chi connectivity index (χ0v) is 10.2. The molecule has 1 aromatic carbocycles. The van der Waals surface area contributed by atoms with Gasteiger partial charge < -0.3 is 0 Å². The lowest BCUT2D eigenvalue weighted by Gasteiger charge is -2.00. The van der Waals surface area contributed by atoms with Gasteiger partial charge in [0.15, 0.2) is 0 Å². The van der Waals surface area contributed by atoms with Crippen LogP contribution in [0.2, 0.25) is 0 Å². The van der Waals surface area contributed by atoms with Crippen molar-refractivity contribution in [3.63, 3.8) is 0 Å². The van der Waals surface area contributed by atoms with E-state index in [1.165, 1.54) is 40.0 Å². The molecular formula is C15H14S. The van der Waals surface area contributed by atoms with Crippen LogP contribution in [0.15, 0.2) is 35.7 Å². The highest BCUT2D eigenvalue weighted by Gasteiger charge is 2.15. The van der Waals surface area contributed by atoms with Crippen LogP contribution in [0.5, 0.6) is 0 Å². The fourth-order valence-electron chi connectivity index (χ4n) is 2.30. The first-order valence-electron chi connectivity index (χ1n) is 5.67. The molecule has 0 atom stereocenters. The van der Waals surface area contributed by atoms with E-state index in [0.717, 1.165) is 0 Å². The van der Waals surface area contributed by atoms with Crippen LogP contribution in [0.4, 0.5) is 0 Å². The first-order chi connectivity index (χ1) is 7.84. The average Bonchev–Trinajstić information content (AvgIpc) is 2.88. The summed E-state index contributed by atoms with van der Waals surface area (Å²) in [7, 11) is 0. The Bertz CT molecular complexity index is 546. The van der Waals surface area contributed by atoms with Crippen LogP contribution < -0.4 is 0 Å². The SMILES string of the molecule is Cc1ccsc1/C=C1\CCc2ccccc21. The number of hydrogen-bond acceptors (Lipinski definition) is 1. The van der Waals surface area contributed by atoms with E-state index in [1.54, 1.807) is 0 Å². The summed E-state index contributed by atoms with van der Waals surface area (Å²) in [4.78, 5) is 1.41. The Morgan fingerprint density at radius 2 is 2.00 bits per heavy atom. The van der Waals surface area contributed by atoms with Crippen LogP contribution >= 0.6 is 11.3 Å². The van der Waals surface area contributed by atoms with Gasteiger partial charge in [-0.15, -0.1) is 11.3 Å². The Morgan fingerprint density at radius 3 is 2.81 bits per heavy atom. The van der Waals surface area contributed by atoms with Crippen molar-refractivity contribution in [2.75, 3.05) is 0 Å². The maximum Gasteiger partial charge on any atom is 0.0302 e. The number of thiophene rings is 1.